The molecule has 0 radical (unpaired) electrons. The smallest absolute Gasteiger partial charge is 0.131 e. The largest absolute Gasteiger partial charge is 0.496 e. The highest BCUT2D eigenvalue weighted by Gasteiger charge is 2.24. The maximum absolute atomic E-state index is 10.0. The van der Waals surface area contributed by atoms with E-state index < -0.39 is 6.10 Å². The summed E-state index contributed by atoms with van der Waals surface area (Å²) in [7, 11) is 1.52. The highest BCUT2D eigenvalue weighted by molar-refractivity contribution is 7.15. The van der Waals surface area contributed by atoms with Crippen LogP contribution in [0.25, 0.3) is 10.6 Å². The molecule has 0 saturated carbocycles. The third kappa shape index (κ3) is 2.60. The molecule has 1 heterocycles. The number of fused-ring (bicyclic) bond motifs is 1. The highest BCUT2D eigenvalue weighted by Crippen LogP contribution is 2.41. The molecule has 0 bridgehead atoms. The zero-order chi connectivity index (χ0) is 15.0. The Labute approximate surface area is 125 Å². The van der Waals surface area contributed by atoms with Crippen molar-refractivity contribution in [3.63, 3.8) is 0 Å². The van der Waals surface area contributed by atoms with Gasteiger partial charge in [0, 0.05) is 6.07 Å². The monoisotopic (exact) mass is 308 g/mol. The van der Waals surface area contributed by atoms with Crippen molar-refractivity contribution in [3.05, 3.63) is 28.8 Å². The van der Waals surface area contributed by atoms with E-state index in [4.69, 9.17) is 15.2 Å². The average molecular weight is 308 g/mol. The van der Waals surface area contributed by atoms with Crippen LogP contribution in [0.15, 0.2) is 18.2 Å². The van der Waals surface area contributed by atoms with Gasteiger partial charge in [0.05, 0.1) is 35.0 Å². The van der Waals surface area contributed by atoms with Crippen LogP contribution < -0.4 is 9.96 Å². The van der Waals surface area contributed by atoms with Gasteiger partial charge in [-0.3, -0.25) is 10.4 Å². The summed E-state index contributed by atoms with van der Waals surface area (Å²) in [5.41, 5.74) is 1.93. The van der Waals surface area contributed by atoms with Gasteiger partial charge in [-0.25, -0.2) is 4.98 Å². The second-order valence-corrected chi connectivity index (χ2v) is 5.94. The molecule has 3 N–H and O–H groups in total. The van der Waals surface area contributed by atoms with Crippen LogP contribution in [0.1, 0.15) is 29.5 Å². The number of methoxy groups -OCH3 is 1. The number of aromatic nitrogens is 1. The molecule has 0 saturated heterocycles. The molecule has 0 spiro atoms. The second kappa shape index (κ2) is 5.61. The van der Waals surface area contributed by atoms with E-state index in [9.17, 15) is 5.11 Å². The third-order valence-corrected chi connectivity index (χ3v) is 4.80. The molecule has 6 nitrogen and oxygen atoms in total. The minimum Gasteiger partial charge on any atom is -0.496 e. The van der Waals surface area contributed by atoms with Gasteiger partial charge >= 0.3 is 0 Å². The van der Waals surface area contributed by atoms with E-state index in [2.05, 4.69) is 4.98 Å². The van der Waals surface area contributed by atoms with Crippen LogP contribution in [0.4, 0.5) is 5.69 Å². The molecule has 1 aliphatic rings. The maximum atomic E-state index is 10.0. The van der Waals surface area contributed by atoms with Crippen molar-refractivity contribution < 1.29 is 20.3 Å². The number of aliphatic hydroxyl groups excluding tert-OH is 1. The topological polar surface area (TPSA) is 86.1 Å². The summed E-state index contributed by atoms with van der Waals surface area (Å²) < 4.78 is 5.30. The van der Waals surface area contributed by atoms with Gasteiger partial charge in [-0.15, -0.1) is 16.6 Å². The molecule has 2 aromatic rings. The van der Waals surface area contributed by atoms with Crippen LogP contribution in [0, 0.1) is 0 Å². The third-order valence-electron chi connectivity index (χ3n) is 3.57. The van der Waals surface area contributed by atoms with Crippen LogP contribution >= 0.6 is 11.3 Å². The van der Waals surface area contributed by atoms with E-state index in [1.165, 1.54) is 24.5 Å². The van der Waals surface area contributed by atoms with E-state index in [-0.39, 0.29) is 10.9 Å². The van der Waals surface area contributed by atoms with Gasteiger partial charge in [-0.05, 0) is 31.4 Å². The molecule has 7 heteroatoms. The fourth-order valence-corrected chi connectivity index (χ4v) is 3.66. The normalized spacial score (nSPS) is 17.4. The number of thiazole rings is 1. The summed E-state index contributed by atoms with van der Waals surface area (Å²) in [4.78, 5) is 5.52. The lowest BCUT2D eigenvalue weighted by Gasteiger charge is -2.14. The first-order chi connectivity index (χ1) is 10.1. The molecule has 0 amide bonds. The van der Waals surface area contributed by atoms with Gasteiger partial charge in [0.2, 0.25) is 0 Å². The Bertz CT molecular complexity index is 656. The first-order valence-electron chi connectivity index (χ1n) is 6.64. The molecule has 1 atom stereocenters. The Hall–Kier alpha value is -1.67. The lowest BCUT2D eigenvalue weighted by molar-refractivity contribution is 0.0290. The van der Waals surface area contributed by atoms with Gasteiger partial charge < -0.3 is 9.84 Å². The number of ether oxygens (including phenoxy) is 1. The molecular weight excluding hydrogens is 292 g/mol. The number of nitrogens with zero attached hydrogens (tertiary/aromatic N) is 2. The molecule has 0 aliphatic heterocycles. The van der Waals surface area contributed by atoms with Crippen LogP contribution in [0.3, 0.4) is 0 Å². The van der Waals surface area contributed by atoms with E-state index in [1.54, 1.807) is 12.1 Å². The number of anilines is 1. The minimum absolute atomic E-state index is 0.0446. The van der Waals surface area contributed by atoms with E-state index in [1.807, 2.05) is 0 Å². The standard InChI is InChI=1S/C14H16N2O4S/c1-20-12-7-8(16(18)19)5-6-9(12)14-15-10-3-2-4-11(17)13(10)21-14/h5-7,11,17-19H,2-4H2,1H3. The molecule has 1 aromatic carbocycles. The first kappa shape index (κ1) is 14.3. The highest BCUT2D eigenvalue weighted by atomic mass is 32.1. The lowest BCUT2D eigenvalue weighted by Crippen LogP contribution is -2.10. The quantitative estimate of drug-likeness (QED) is 0.756. The Morgan fingerprint density at radius 1 is 1.38 bits per heavy atom. The summed E-state index contributed by atoms with van der Waals surface area (Å²) in [5, 5.41) is 29.0. The second-order valence-electron chi connectivity index (χ2n) is 4.91. The van der Waals surface area contributed by atoms with Gasteiger partial charge in [0.25, 0.3) is 0 Å². The van der Waals surface area contributed by atoms with E-state index >= 15 is 0 Å². The van der Waals surface area contributed by atoms with Gasteiger partial charge in [0.1, 0.15) is 10.8 Å². The molecule has 1 unspecified atom stereocenters. The molecule has 1 aliphatic carbocycles. The summed E-state index contributed by atoms with van der Waals surface area (Å²) in [6.07, 6.45) is 2.16. The van der Waals surface area contributed by atoms with Crippen molar-refractivity contribution >= 4 is 17.0 Å². The average Bonchev–Trinajstić information content (AvgIpc) is 2.91. The molecular formula is C14H16N2O4S. The zero-order valence-corrected chi connectivity index (χ0v) is 12.3. The van der Waals surface area contributed by atoms with Crippen molar-refractivity contribution in [1.82, 2.24) is 4.98 Å². The van der Waals surface area contributed by atoms with Crippen molar-refractivity contribution in [3.8, 4) is 16.3 Å². The SMILES string of the molecule is COc1cc(N(O)O)ccc1-c1nc2c(s1)C(O)CCC2. The molecule has 0 fully saturated rings. The number of aliphatic hydroxyl groups is 1. The molecule has 3 rings (SSSR count). The van der Waals surface area contributed by atoms with Crippen molar-refractivity contribution in [1.29, 1.82) is 0 Å². The fraction of sp³-hybridized carbons (Fsp3) is 0.357. The van der Waals surface area contributed by atoms with Crippen LogP contribution in [0.2, 0.25) is 0 Å². The van der Waals surface area contributed by atoms with Crippen molar-refractivity contribution in [2.45, 2.75) is 25.4 Å². The number of hydrogen-bond donors (Lipinski definition) is 3. The van der Waals surface area contributed by atoms with Crippen molar-refractivity contribution in [2.24, 2.45) is 0 Å². The summed E-state index contributed by atoms with van der Waals surface area (Å²) in [6.45, 7) is 0. The van der Waals surface area contributed by atoms with Crippen LogP contribution in [-0.4, -0.2) is 27.6 Å². The number of hydrogen-bond acceptors (Lipinski definition) is 7. The Morgan fingerprint density at radius 2 is 2.19 bits per heavy atom. The maximum Gasteiger partial charge on any atom is 0.131 e. The number of rotatable bonds is 3. The molecule has 21 heavy (non-hydrogen) atoms. The fourth-order valence-electron chi connectivity index (χ4n) is 2.49. The Balaban J connectivity index is 2.04. The first-order valence-corrected chi connectivity index (χ1v) is 7.45. The summed E-state index contributed by atoms with van der Waals surface area (Å²) in [5.74, 6) is 0.501. The van der Waals surface area contributed by atoms with Gasteiger partial charge in [-0.2, -0.15) is 0 Å². The predicted molar refractivity (Wildman–Crippen MR) is 78.1 cm³/mol. The Kier molecular flexibility index (Phi) is 3.81. The summed E-state index contributed by atoms with van der Waals surface area (Å²) >= 11 is 1.46. The van der Waals surface area contributed by atoms with Gasteiger partial charge in [-0.1, -0.05) is 0 Å². The van der Waals surface area contributed by atoms with E-state index in [0.29, 0.717) is 5.75 Å². The van der Waals surface area contributed by atoms with Crippen LogP contribution in [-0.2, 0) is 6.42 Å². The van der Waals surface area contributed by atoms with Crippen LogP contribution in [0.5, 0.6) is 5.75 Å². The Morgan fingerprint density at radius 3 is 2.86 bits per heavy atom. The molecule has 112 valence electrons. The van der Waals surface area contributed by atoms with Crippen molar-refractivity contribution in [2.75, 3.05) is 12.3 Å². The predicted octanol–water partition coefficient (Wildman–Crippen LogP) is 2.77. The lowest BCUT2D eigenvalue weighted by atomic mass is 10.0. The number of aryl methyl sites for hydroxylation is 1. The molecule has 1 aromatic heterocycles. The number of benzene rings is 1. The van der Waals surface area contributed by atoms with E-state index in [0.717, 1.165) is 40.4 Å². The van der Waals surface area contributed by atoms with Gasteiger partial charge in [0.15, 0.2) is 0 Å². The zero-order valence-electron chi connectivity index (χ0n) is 11.5. The minimum atomic E-state index is -0.435. The summed E-state index contributed by atoms with van der Waals surface area (Å²) in [6, 6.07) is 4.81.